The molecular weight excluding hydrogens is 581 g/mol. The van der Waals surface area contributed by atoms with Gasteiger partial charge in [0.05, 0.1) is 11.2 Å². The van der Waals surface area contributed by atoms with Gasteiger partial charge < -0.3 is 39.5 Å². The SMILES string of the molecule is CC(C)[C@H](NC(=O)OC(C)(C)C)C(=O)N[C@H](C(=O)OC(C)(C)C)[C@@H](CCCB1OC(C)(C)C(C)(C)O1)CNC(=O)OC(C)(C)C. The Kier molecular flexibility index (Phi) is 13.8. The zero-order chi connectivity index (χ0) is 35.2. The van der Waals surface area contributed by atoms with Crippen LogP contribution in [0, 0.1) is 11.8 Å². The Morgan fingerprint density at radius 3 is 1.62 bits per heavy atom. The van der Waals surface area contributed by atoms with Crippen molar-refractivity contribution in [2.75, 3.05) is 6.54 Å². The minimum atomic E-state index is -1.16. The number of alkyl carbamates (subject to hydrolysis) is 2. The third-order valence-electron chi connectivity index (χ3n) is 7.28. The molecular formula is C32H60BN3O9. The van der Waals surface area contributed by atoms with Gasteiger partial charge in [-0.15, -0.1) is 0 Å². The highest BCUT2D eigenvalue weighted by molar-refractivity contribution is 6.45. The second kappa shape index (κ2) is 15.4. The van der Waals surface area contributed by atoms with Crippen LogP contribution >= 0.6 is 0 Å². The molecule has 3 amide bonds. The summed E-state index contributed by atoms with van der Waals surface area (Å²) in [6.07, 6.45) is 0.0708. The largest absolute Gasteiger partial charge is 0.458 e. The van der Waals surface area contributed by atoms with Gasteiger partial charge in [0, 0.05) is 12.5 Å². The van der Waals surface area contributed by atoms with Crippen LogP contribution in [-0.2, 0) is 33.1 Å². The molecule has 0 bridgehead atoms. The number of ether oxygens (including phenoxy) is 3. The van der Waals surface area contributed by atoms with Gasteiger partial charge in [0.25, 0.3) is 0 Å². The van der Waals surface area contributed by atoms with Gasteiger partial charge in [0.1, 0.15) is 28.9 Å². The van der Waals surface area contributed by atoms with Crippen molar-refractivity contribution < 1.29 is 42.7 Å². The van der Waals surface area contributed by atoms with Gasteiger partial charge in [0.15, 0.2) is 0 Å². The lowest BCUT2D eigenvalue weighted by molar-refractivity contribution is -0.160. The molecule has 3 atom stereocenters. The van der Waals surface area contributed by atoms with E-state index in [2.05, 4.69) is 16.0 Å². The first-order valence-electron chi connectivity index (χ1n) is 16.0. The predicted octanol–water partition coefficient (Wildman–Crippen LogP) is 5.38. The summed E-state index contributed by atoms with van der Waals surface area (Å²) in [7, 11) is -0.451. The van der Waals surface area contributed by atoms with Crippen molar-refractivity contribution in [2.24, 2.45) is 11.8 Å². The molecule has 1 rings (SSSR count). The molecule has 1 heterocycles. The maximum absolute atomic E-state index is 13.7. The molecule has 0 aliphatic carbocycles. The fraction of sp³-hybridized carbons (Fsp3) is 0.875. The number of rotatable bonds is 12. The summed E-state index contributed by atoms with van der Waals surface area (Å²) in [6, 6.07) is -2.17. The van der Waals surface area contributed by atoms with Crippen molar-refractivity contribution >= 4 is 31.2 Å². The first-order chi connectivity index (χ1) is 20.1. The molecule has 1 saturated heterocycles. The van der Waals surface area contributed by atoms with Crippen LogP contribution in [0.25, 0.3) is 0 Å². The molecule has 0 spiro atoms. The summed E-state index contributed by atoms with van der Waals surface area (Å²) in [5, 5.41) is 8.21. The van der Waals surface area contributed by atoms with E-state index in [9.17, 15) is 19.2 Å². The number of amides is 3. The van der Waals surface area contributed by atoms with E-state index in [-0.39, 0.29) is 12.5 Å². The van der Waals surface area contributed by atoms with Crippen LogP contribution in [0.5, 0.6) is 0 Å². The fourth-order valence-electron chi connectivity index (χ4n) is 4.49. The van der Waals surface area contributed by atoms with Crippen molar-refractivity contribution in [3.05, 3.63) is 0 Å². The lowest BCUT2D eigenvalue weighted by Crippen LogP contribution is -2.58. The van der Waals surface area contributed by atoms with Crippen LogP contribution < -0.4 is 16.0 Å². The molecule has 0 aromatic rings. The third-order valence-corrected chi connectivity index (χ3v) is 7.28. The van der Waals surface area contributed by atoms with Crippen LogP contribution in [0.15, 0.2) is 0 Å². The normalized spacial score (nSPS) is 18.4. The summed E-state index contributed by atoms with van der Waals surface area (Å²) in [5.41, 5.74) is -3.33. The van der Waals surface area contributed by atoms with E-state index >= 15 is 0 Å². The highest BCUT2D eigenvalue weighted by Gasteiger charge is 2.50. The molecule has 1 aliphatic rings. The topological polar surface area (TPSA) is 151 Å². The second-order valence-corrected chi connectivity index (χ2v) is 16.1. The van der Waals surface area contributed by atoms with Crippen molar-refractivity contribution in [3.63, 3.8) is 0 Å². The first-order valence-corrected chi connectivity index (χ1v) is 16.0. The van der Waals surface area contributed by atoms with Crippen LogP contribution in [0.3, 0.4) is 0 Å². The minimum absolute atomic E-state index is 0.00824. The Hall–Kier alpha value is -2.54. The molecule has 12 nitrogen and oxygen atoms in total. The van der Waals surface area contributed by atoms with E-state index in [1.54, 1.807) is 76.2 Å². The molecule has 0 saturated carbocycles. The van der Waals surface area contributed by atoms with Crippen molar-refractivity contribution in [1.82, 2.24) is 16.0 Å². The fourth-order valence-corrected chi connectivity index (χ4v) is 4.49. The van der Waals surface area contributed by atoms with E-state index in [4.69, 9.17) is 23.5 Å². The van der Waals surface area contributed by atoms with E-state index in [1.165, 1.54) is 0 Å². The Balaban J connectivity index is 3.31. The van der Waals surface area contributed by atoms with Crippen molar-refractivity contribution in [3.8, 4) is 0 Å². The van der Waals surface area contributed by atoms with E-state index in [0.29, 0.717) is 19.2 Å². The highest BCUT2D eigenvalue weighted by atomic mass is 16.7. The zero-order valence-electron chi connectivity index (χ0n) is 30.4. The monoisotopic (exact) mass is 641 g/mol. The van der Waals surface area contributed by atoms with Gasteiger partial charge in [0.2, 0.25) is 5.91 Å². The van der Waals surface area contributed by atoms with Gasteiger partial charge in [-0.05, 0) is 109 Å². The average Bonchev–Trinajstić information content (AvgIpc) is 3.00. The van der Waals surface area contributed by atoms with Crippen LogP contribution in [0.2, 0.25) is 6.32 Å². The lowest BCUT2D eigenvalue weighted by atomic mass is 9.80. The van der Waals surface area contributed by atoms with Crippen LogP contribution in [-0.4, -0.2) is 77.8 Å². The van der Waals surface area contributed by atoms with E-state index in [1.807, 2.05) is 27.7 Å². The summed E-state index contributed by atoms with van der Waals surface area (Å²) < 4.78 is 28.8. The summed E-state index contributed by atoms with van der Waals surface area (Å²) >= 11 is 0. The van der Waals surface area contributed by atoms with Gasteiger partial charge in [-0.3, -0.25) is 4.79 Å². The van der Waals surface area contributed by atoms with Gasteiger partial charge in [-0.2, -0.15) is 0 Å². The average molecular weight is 642 g/mol. The molecule has 0 radical (unpaired) electrons. The summed E-state index contributed by atoms with van der Waals surface area (Å²) in [4.78, 5) is 52.5. The molecule has 45 heavy (non-hydrogen) atoms. The van der Waals surface area contributed by atoms with Crippen molar-refractivity contribution in [2.45, 2.75) is 163 Å². The number of hydrogen-bond acceptors (Lipinski definition) is 9. The molecule has 13 heteroatoms. The van der Waals surface area contributed by atoms with E-state index < -0.39 is 77.2 Å². The van der Waals surface area contributed by atoms with Crippen LogP contribution in [0.1, 0.15) is 117 Å². The second-order valence-electron chi connectivity index (χ2n) is 16.1. The molecule has 0 aromatic carbocycles. The number of nitrogens with one attached hydrogen (secondary N) is 3. The minimum Gasteiger partial charge on any atom is -0.458 e. The standard InChI is InChI=1S/C32H60BN3O9/c1-20(2)22(36-27(40)43-30(9,10)11)24(37)35-23(25(38)41-28(3,4)5)21(19-34-26(39)42-29(6,7)8)17-16-18-33-44-31(12,13)32(14,15)45-33/h20-23H,16-19H2,1-15H3,(H,34,39)(H,35,37)(H,36,40)/t21-,22-,23-/m0/s1. The summed E-state index contributed by atoms with van der Waals surface area (Å²) in [6.45, 7) is 27.1. The van der Waals surface area contributed by atoms with Crippen molar-refractivity contribution in [1.29, 1.82) is 0 Å². The summed E-state index contributed by atoms with van der Waals surface area (Å²) in [5.74, 6) is -2.19. The Labute approximate surface area is 271 Å². The van der Waals surface area contributed by atoms with Gasteiger partial charge in [-0.25, -0.2) is 14.4 Å². The number of esters is 1. The molecule has 0 aromatic heterocycles. The first kappa shape index (κ1) is 40.5. The number of carbonyl (C=O) groups is 4. The highest BCUT2D eigenvalue weighted by Crippen LogP contribution is 2.38. The smallest absolute Gasteiger partial charge is 0.457 e. The van der Waals surface area contributed by atoms with Gasteiger partial charge >= 0.3 is 25.3 Å². The van der Waals surface area contributed by atoms with Gasteiger partial charge in [-0.1, -0.05) is 20.3 Å². The maximum Gasteiger partial charge on any atom is 0.457 e. The molecule has 1 aliphatic heterocycles. The number of carbonyl (C=O) groups excluding carboxylic acids is 4. The lowest BCUT2D eigenvalue weighted by Gasteiger charge is -2.32. The van der Waals surface area contributed by atoms with Crippen LogP contribution in [0.4, 0.5) is 9.59 Å². The van der Waals surface area contributed by atoms with E-state index in [0.717, 1.165) is 0 Å². The molecule has 260 valence electrons. The number of hydrogen-bond donors (Lipinski definition) is 3. The molecule has 1 fully saturated rings. The Morgan fingerprint density at radius 1 is 0.711 bits per heavy atom. The predicted molar refractivity (Wildman–Crippen MR) is 174 cm³/mol. The molecule has 3 N–H and O–H groups in total. The molecule has 0 unspecified atom stereocenters. The third kappa shape index (κ3) is 14.6. The zero-order valence-corrected chi connectivity index (χ0v) is 30.4. The Bertz CT molecular complexity index is 1010. The Morgan fingerprint density at radius 2 is 1.18 bits per heavy atom. The quantitative estimate of drug-likeness (QED) is 0.145. The maximum atomic E-state index is 13.7.